The second-order valence-corrected chi connectivity index (χ2v) is 7.61. The summed E-state index contributed by atoms with van der Waals surface area (Å²) in [7, 11) is -4.16. The lowest BCUT2D eigenvalue weighted by atomic mass is 10.2. The number of para-hydroxylation sites is 1. The molecule has 2 aromatic rings. The third-order valence-electron chi connectivity index (χ3n) is 4.22. The van der Waals surface area contributed by atoms with Gasteiger partial charge in [0, 0.05) is 12.6 Å². The lowest BCUT2D eigenvalue weighted by Gasteiger charge is -2.29. The Morgan fingerprint density at radius 2 is 1.88 bits per heavy atom. The molecule has 0 aliphatic carbocycles. The molecule has 0 radical (unpaired) electrons. The molecule has 1 aliphatic heterocycles. The fraction of sp³-hybridized carbons (Fsp3) is 0.235. The Kier molecular flexibility index (Phi) is 4.88. The molecule has 0 bridgehead atoms. The molecule has 1 saturated heterocycles. The van der Waals surface area contributed by atoms with Crippen molar-refractivity contribution in [2.45, 2.75) is 17.4 Å². The molecule has 0 spiro atoms. The number of nitro groups is 1. The van der Waals surface area contributed by atoms with Gasteiger partial charge in [-0.15, -0.1) is 0 Å². The minimum Gasteiger partial charge on any atom is -0.315 e. The summed E-state index contributed by atoms with van der Waals surface area (Å²) in [5.74, 6) is 0. The molecule has 1 N–H and O–H groups in total. The highest BCUT2D eigenvalue weighted by Crippen LogP contribution is 2.32. The molecule has 1 aliphatic rings. The predicted molar refractivity (Wildman–Crippen MR) is 95.2 cm³/mol. The summed E-state index contributed by atoms with van der Waals surface area (Å²) in [6.07, 6.45) is 0.583. The lowest BCUT2D eigenvalue weighted by Crippen LogP contribution is -2.42. The highest BCUT2D eigenvalue weighted by molar-refractivity contribution is 7.93. The van der Waals surface area contributed by atoms with Crippen molar-refractivity contribution in [3.05, 3.63) is 64.2 Å². The van der Waals surface area contributed by atoms with Crippen LogP contribution in [-0.2, 0) is 10.0 Å². The molecule has 3 rings (SSSR count). The number of rotatable bonds is 5. The van der Waals surface area contributed by atoms with Crippen LogP contribution in [-0.4, -0.2) is 32.5 Å². The van der Waals surface area contributed by atoms with Gasteiger partial charge in [0.2, 0.25) is 0 Å². The van der Waals surface area contributed by atoms with Crippen LogP contribution < -0.4 is 9.62 Å². The maximum absolute atomic E-state index is 13.3. The number of benzene rings is 2. The van der Waals surface area contributed by atoms with Crippen LogP contribution in [0.1, 0.15) is 12.0 Å². The minimum atomic E-state index is -4.16. The van der Waals surface area contributed by atoms with Crippen molar-refractivity contribution >= 4 is 21.4 Å². The van der Waals surface area contributed by atoms with E-state index in [1.807, 2.05) is 6.07 Å². The summed E-state index contributed by atoms with van der Waals surface area (Å²) in [6.45, 7) is 1.10. The molecule has 0 aromatic heterocycles. The van der Waals surface area contributed by atoms with E-state index in [1.54, 1.807) is 12.1 Å². The normalized spacial score (nSPS) is 16.8. The van der Waals surface area contributed by atoms with Crippen LogP contribution in [0.2, 0.25) is 0 Å². The summed E-state index contributed by atoms with van der Waals surface area (Å²) in [5, 5.41) is 23.4. The van der Waals surface area contributed by atoms with Crippen molar-refractivity contribution in [3.8, 4) is 6.07 Å². The van der Waals surface area contributed by atoms with E-state index in [4.69, 9.17) is 5.26 Å². The molecule has 8 nitrogen and oxygen atoms in total. The molecule has 134 valence electrons. The maximum Gasteiger partial charge on any atom is 0.289 e. The van der Waals surface area contributed by atoms with E-state index in [0.717, 1.165) is 0 Å². The number of nitrogens with one attached hydrogen (secondary N) is 1. The third kappa shape index (κ3) is 3.24. The fourth-order valence-corrected chi connectivity index (χ4v) is 4.84. The van der Waals surface area contributed by atoms with Gasteiger partial charge in [-0.25, -0.2) is 8.42 Å². The summed E-state index contributed by atoms with van der Waals surface area (Å²) < 4.78 is 27.9. The average Bonchev–Trinajstić information content (AvgIpc) is 3.16. The second-order valence-electron chi connectivity index (χ2n) is 5.83. The van der Waals surface area contributed by atoms with Gasteiger partial charge in [0.1, 0.15) is 0 Å². The van der Waals surface area contributed by atoms with Crippen molar-refractivity contribution in [2.24, 2.45) is 0 Å². The van der Waals surface area contributed by atoms with E-state index in [2.05, 4.69) is 5.32 Å². The Balaban J connectivity index is 2.15. The van der Waals surface area contributed by atoms with E-state index < -0.39 is 20.6 Å². The number of nitro benzene ring substituents is 1. The van der Waals surface area contributed by atoms with Crippen LogP contribution in [0.15, 0.2) is 53.4 Å². The van der Waals surface area contributed by atoms with Gasteiger partial charge in [0.15, 0.2) is 4.90 Å². The standard InChI is InChI=1S/C17H16N4O4S/c18-11-13-5-7-14(8-6-13)20(15-9-10-19-12-15)26(24,25)17-4-2-1-3-16(17)21(22)23/h1-8,15,19H,9-10,12H2. The van der Waals surface area contributed by atoms with E-state index in [-0.39, 0.29) is 10.9 Å². The smallest absolute Gasteiger partial charge is 0.289 e. The Hall–Kier alpha value is -2.96. The van der Waals surface area contributed by atoms with E-state index in [1.165, 1.54) is 40.7 Å². The van der Waals surface area contributed by atoms with Gasteiger partial charge in [-0.3, -0.25) is 14.4 Å². The third-order valence-corrected chi connectivity index (χ3v) is 6.14. The molecule has 2 aromatic carbocycles. The minimum absolute atomic E-state index is 0.346. The van der Waals surface area contributed by atoms with Crippen molar-refractivity contribution in [1.29, 1.82) is 5.26 Å². The lowest BCUT2D eigenvalue weighted by molar-refractivity contribution is -0.387. The first-order valence-electron chi connectivity index (χ1n) is 7.94. The highest BCUT2D eigenvalue weighted by Gasteiger charge is 2.37. The molecular weight excluding hydrogens is 356 g/mol. The second kappa shape index (κ2) is 7.11. The molecule has 1 heterocycles. The summed E-state index contributed by atoms with van der Waals surface area (Å²) in [6, 6.07) is 13.1. The number of sulfonamides is 1. The Morgan fingerprint density at radius 3 is 2.46 bits per heavy atom. The quantitative estimate of drug-likeness (QED) is 0.634. The molecule has 0 saturated carbocycles. The molecule has 1 atom stereocenters. The van der Waals surface area contributed by atoms with Crippen molar-refractivity contribution in [3.63, 3.8) is 0 Å². The predicted octanol–water partition coefficient (Wildman–Crippen LogP) is 2.02. The zero-order chi connectivity index (χ0) is 18.7. The summed E-state index contributed by atoms with van der Waals surface area (Å²) in [5.41, 5.74) is 0.314. The molecule has 1 fully saturated rings. The van der Waals surface area contributed by atoms with Crippen molar-refractivity contribution in [1.82, 2.24) is 5.32 Å². The SMILES string of the molecule is N#Cc1ccc(N(C2CCNC2)S(=O)(=O)c2ccccc2[N+](=O)[O-])cc1. The molecule has 9 heteroatoms. The Morgan fingerprint density at radius 1 is 1.19 bits per heavy atom. The maximum atomic E-state index is 13.3. The van der Waals surface area contributed by atoms with Gasteiger partial charge in [-0.2, -0.15) is 5.26 Å². The van der Waals surface area contributed by atoms with Gasteiger partial charge in [-0.1, -0.05) is 12.1 Å². The van der Waals surface area contributed by atoms with E-state index in [9.17, 15) is 18.5 Å². The number of anilines is 1. The zero-order valence-electron chi connectivity index (χ0n) is 13.7. The van der Waals surface area contributed by atoms with Crippen molar-refractivity contribution < 1.29 is 13.3 Å². The van der Waals surface area contributed by atoms with Crippen LogP contribution in [0.5, 0.6) is 0 Å². The number of nitrogens with zero attached hydrogens (tertiary/aromatic N) is 3. The van der Waals surface area contributed by atoms with E-state index >= 15 is 0 Å². The van der Waals surface area contributed by atoms with Crippen LogP contribution in [0, 0.1) is 21.4 Å². The first kappa shape index (κ1) is 17.8. The van der Waals surface area contributed by atoms with Crippen molar-refractivity contribution in [2.75, 3.05) is 17.4 Å². The molecule has 0 amide bonds. The Labute approximate surface area is 150 Å². The fourth-order valence-electron chi connectivity index (χ4n) is 3.00. The van der Waals surface area contributed by atoms with Gasteiger partial charge < -0.3 is 5.32 Å². The van der Waals surface area contributed by atoms with Crippen LogP contribution in [0.25, 0.3) is 0 Å². The zero-order valence-corrected chi connectivity index (χ0v) is 14.5. The molecule has 1 unspecified atom stereocenters. The Bertz CT molecular complexity index is 961. The molecular formula is C17H16N4O4S. The number of nitriles is 1. The first-order chi connectivity index (χ1) is 12.4. The summed E-state index contributed by atoms with van der Waals surface area (Å²) >= 11 is 0. The number of hydrogen-bond acceptors (Lipinski definition) is 6. The van der Waals surface area contributed by atoms with E-state index in [0.29, 0.717) is 30.8 Å². The average molecular weight is 372 g/mol. The largest absolute Gasteiger partial charge is 0.315 e. The first-order valence-corrected chi connectivity index (χ1v) is 9.38. The summed E-state index contributed by atoms with van der Waals surface area (Å²) in [4.78, 5) is 10.3. The van der Waals surface area contributed by atoms with Gasteiger partial charge in [-0.05, 0) is 43.3 Å². The van der Waals surface area contributed by atoms with Crippen LogP contribution >= 0.6 is 0 Å². The van der Waals surface area contributed by atoms with Gasteiger partial charge >= 0.3 is 0 Å². The molecule has 26 heavy (non-hydrogen) atoms. The van der Waals surface area contributed by atoms with Crippen LogP contribution in [0.3, 0.4) is 0 Å². The topological polar surface area (TPSA) is 116 Å². The highest BCUT2D eigenvalue weighted by atomic mass is 32.2. The van der Waals surface area contributed by atoms with Gasteiger partial charge in [0.25, 0.3) is 15.7 Å². The monoisotopic (exact) mass is 372 g/mol. The van der Waals surface area contributed by atoms with Gasteiger partial charge in [0.05, 0.1) is 28.3 Å². The van der Waals surface area contributed by atoms with Crippen LogP contribution in [0.4, 0.5) is 11.4 Å². The number of hydrogen-bond donors (Lipinski definition) is 1.